The lowest BCUT2D eigenvalue weighted by Gasteiger charge is -1.96. The molecule has 3 N–H and O–H groups in total. The highest BCUT2D eigenvalue weighted by Gasteiger charge is 2.13. The fraction of sp³-hybridized carbons (Fsp3) is 1.00. The zero-order valence-electron chi connectivity index (χ0n) is 6.90. The highest BCUT2D eigenvalue weighted by atomic mass is 16.6. The molecule has 4 nitrogen and oxygen atoms in total. The lowest BCUT2D eigenvalue weighted by atomic mass is 10.4. The summed E-state index contributed by atoms with van der Waals surface area (Å²) in [5, 5.41) is 24.0. The number of epoxide rings is 1. The minimum Gasteiger partial charge on any atom is -0.394 e. The van der Waals surface area contributed by atoms with Crippen LogP contribution in [0.15, 0.2) is 0 Å². The smallest absolute Gasteiger partial charge is 0.100 e. The second-order valence-corrected chi connectivity index (χ2v) is 2.00. The van der Waals surface area contributed by atoms with Crippen LogP contribution in [0.3, 0.4) is 0 Å². The summed E-state index contributed by atoms with van der Waals surface area (Å²) in [7, 11) is 0. The third kappa shape index (κ3) is 7.84. The molecule has 0 aromatic carbocycles. The summed E-state index contributed by atoms with van der Waals surface area (Å²) in [6.07, 6.45) is -0.736. The fourth-order valence-electron chi connectivity index (χ4n) is 0.136. The van der Waals surface area contributed by atoms with Crippen LogP contribution < -0.4 is 0 Å². The van der Waals surface area contributed by atoms with E-state index >= 15 is 0 Å². The number of ether oxygens (including phenoxy) is 1. The van der Waals surface area contributed by atoms with E-state index in [2.05, 4.69) is 4.74 Å². The van der Waals surface area contributed by atoms with E-state index in [1.54, 1.807) is 0 Å². The second kappa shape index (κ2) is 5.61. The molecule has 2 unspecified atom stereocenters. The molecule has 0 bridgehead atoms. The van der Waals surface area contributed by atoms with Crippen molar-refractivity contribution in [3.8, 4) is 0 Å². The molecule has 0 aromatic heterocycles. The van der Waals surface area contributed by atoms with Crippen molar-refractivity contribution < 1.29 is 21.4 Å². The number of hydrogen-bond acceptors (Lipinski definition) is 4. The number of aliphatic hydroxyl groups excluding tert-OH is 3. The van der Waals surface area contributed by atoms with Gasteiger partial charge in [0.15, 0.2) is 0 Å². The minimum atomic E-state index is -0.954. The molecular formula is C6H14O4. The Morgan fingerprint density at radius 1 is 1.70 bits per heavy atom. The largest absolute Gasteiger partial charge is 0.394 e. The average Bonchev–Trinajstić information content (AvgIpc) is 2.64. The van der Waals surface area contributed by atoms with E-state index in [9.17, 15) is 0 Å². The third-order valence-corrected chi connectivity index (χ3v) is 0.830. The summed E-state index contributed by atoms with van der Waals surface area (Å²) in [6.45, 7) is 0.958. The van der Waals surface area contributed by atoms with Crippen molar-refractivity contribution in [2.45, 2.75) is 19.1 Å². The van der Waals surface area contributed by atoms with E-state index in [1.807, 2.05) is 6.92 Å². The number of rotatable bonds is 2. The highest BCUT2D eigenvalue weighted by Crippen LogP contribution is 2.04. The Morgan fingerprint density at radius 3 is 2.00 bits per heavy atom. The van der Waals surface area contributed by atoms with E-state index in [1.165, 1.54) is 0 Å². The van der Waals surface area contributed by atoms with Crippen molar-refractivity contribution in [1.29, 1.82) is 0 Å². The predicted molar refractivity (Wildman–Crippen MR) is 35.6 cm³/mol. The van der Waals surface area contributed by atoms with Gasteiger partial charge in [0.25, 0.3) is 0 Å². The first-order valence-electron chi connectivity index (χ1n) is 3.67. The first-order chi connectivity index (χ1) is 5.11. The van der Waals surface area contributed by atoms with Crippen LogP contribution in [0.1, 0.15) is 8.29 Å². The van der Waals surface area contributed by atoms with Gasteiger partial charge in [-0.05, 0) is 6.92 Å². The van der Waals surface area contributed by atoms with E-state index in [0.29, 0.717) is 0 Å². The van der Waals surface area contributed by atoms with Crippen LogP contribution in [0.25, 0.3) is 0 Å². The Morgan fingerprint density at radius 2 is 2.00 bits per heavy atom. The van der Waals surface area contributed by atoms with E-state index in [4.69, 9.17) is 16.7 Å². The van der Waals surface area contributed by atoms with Gasteiger partial charge in [-0.3, -0.25) is 0 Å². The van der Waals surface area contributed by atoms with Crippen molar-refractivity contribution in [3.63, 3.8) is 0 Å². The van der Waals surface area contributed by atoms with Gasteiger partial charge in [-0.1, -0.05) is 0 Å². The monoisotopic (exact) mass is 151 g/mol. The number of aliphatic hydroxyl groups is 3. The second-order valence-electron chi connectivity index (χ2n) is 2.00. The van der Waals surface area contributed by atoms with E-state index in [0.717, 1.165) is 0 Å². The Hall–Kier alpha value is -0.160. The normalized spacial score (nSPS) is 30.7. The van der Waals surface area contributed by atoms with Crippen molar-refractivity contribution in [1.82, 2.24) is 0 Å². The summed E-state index contributed by atoms with van der Waals surface area (Å²) in [6, 6.07) is 0. The molecule has 10 heavy (non-hydrogen) atoms. The first kappa shape index (κ1) is 7.94. The molecule has 0 spiro atoms. The molecular weight excluding hydrogens is 136 g/mol. The SMILES string of the molecule is OCC(O)CO.[2H]C1OC1C. The maximum absolute atomic E-state index is 8.17. The van der Waals surface area contributed by atoms with Crippen LogP contribution in [0, 0.1) is 0 Å². The van der Waals surface area contributed by atoms with Gasteiger partial charge >= 0.3 is 0 Å². The maximum atomic E-state index is 8.17. The van der Waals surface area contributed by atoms with Crippen LogP contribution in [0.5, 0.6) is 0 Å². The molecule has 0 amide bonds. The molecule has 1 fully saturated rings. The summed E-state index contributed by atoms with van der Waals surface area (Å²) in [5.41, 5.74) is 0. The molecule has 1 heterocycles. The van der Waals surface area contributed by atoms with Crippen molar-refractivity contribution in [2.24, 2.45) is 0 Å². The van der Waals surface area contributed by atoms with E-state index in [-0.39, 0.29) is 25.9 Å². The molecule has 1 saturated heterocycles. The Balaban J connectivity index is 0.000000183. The quantitative estimate of drug-likeness (QED) is 0.430. The lowest BCUT2D eigenvalue weighted by Crippen LogP contribution is -2.15. The Kier molecular flexibility index (Phi) is 4.46. The average molecular weight is 151 g/mol. The zero-order valence-corrected chi connectivity index (χ0v) is 5.90. The standard InChI is InChI=1S/C3H8O3.C3H6O/c4-1-3(6)2-5;1-3-2-4-3/h3-6H,1-2H2;3H,2H2,1H3/i;2D. The molecule has 0 saturated carbocycles. The van der Waals surface area contributed by atoms with Crippen LogP contribution in [-0.4, -0.2) is 47.3 Å². The zero-order chi connectivity index (χ0) is 8.85. The summed E-state index contributed by atoms with van der Waals surface area (Å²) in [4.78, 5) is 0. The van der Waals surface area contributed by atoms with Gasteiger partial charge in [0.1, 0.15) is 6.10 Å². The summed E-state index contributed by atoms with van der Waals surface area (Å²) in [5.74, 6) is 0. The minimum absolute atomic E-state index is 0.199. The lowest BCUT2D eigenvalue weighted by molar-refractivity contribution is 0.0450. The van der Waals surface area contributed by atoms with Gasteiger partial charge in [-0.25, -0.2) is 0 Å². The Bertz CT molecular complexity index is 90.6. The Labute approximate surface area is 61.5 Å². The molecule has 0 radical (unpaired) electrons. The van der Waals surface area contributed by atoms with E-state index < -0.39 is 6.10 Å². The van der Waals surface area contributed by atoms with Gasteiger partial charge in [-0.15, -0.1) is 0 Å². The third-order valence-electron chi connectivity index (χ3n) is 0.830. The molecule has 1 aliphatic rings. The molecule has 2 atom stereocenters. The van der Waals surface area contributed by atoms with Gasteiger partial charge in [-0.2, -0.15) is 0 Å². The summed E-state index contributed by atoms with van der Waals surface area (Å²) >= 11 is 0. The maximum Gasteiger partial charge on any atom is 0.100 e. The fourth-order valence-corrected chi connectivity index (χ4v) is 0.136. The molecule has 0 aliphatic carbocycles. The molecule has 0 aromatic rings. The molecule has 4 heteroatoms. The van der Waals surface area contributed by atoms with Crippen LogP contribution >= 0.6 is 0 Å². The van der Waals surface area contributed by atoms with Gasteiger partial charge in [0.2, 0.25) is 0 Å². The van der Waals surface area contributed by atoms with Crippen molar-refractivity contribution in [2.75, 3.05) is 19.8 Å². The van der Waals surface area contributed by atoms with Crippen LogP contribution in [0.2, 0.25) is 0 Å². The highest BCUT2D eigenvalue weighted by molar-refractivity contribution is 4.58. The van der Waals surface area contributed by atoms with Crippen molar-refractivity contribution >= 4 is 0 Å². The first-order valence-corrected chi connectivity index (χ1v) is 3.09. The van der Waals surface area contributed by atoms with Crippen molar-refractivity contribution in [3.05, 3.63) is 0 Å². The topological polar surface area (TPSA) is 73.2 Å². The summed E-state index contributed by atoms with van der Waals surface area (Å²) < 4.78 is 11.3. The molecule has 62 valence electrons. The van der Waals surface area contributed by atoms with Crippen LogP contribution in [0.4, 0.5) is 0 Å². The van der Waals surface area contributed by atoms with Gasteiger partial charge in [0.05, 0.1) is 27.3 Å². The van der Waals surface area contributed by atoms with Gasteiger partial charge in [0, 0.05) is 0 Å². The van der Waals surface area contributed by atoms with Crippen LogP contribution in [-0.2, 0) is 4.74 Å². The predicted octanol–water partition coefficient (Wildman–Crippen LogP) is -1.26. The van der Waals surface area contributed by atoms with Gasteiger partial charge < -0.3 is 20.1 Å². The molecule has 1 rings (SSSR count). The molecule has 1 aliphatic heterocycles. The number of hydrogen-bond donors (Lipinski definition) is 3.